The number of non-ortho nitro benzene ring substituents is 1. The van der Waals surface area contributed by atoms with Crippen molar-refractivity contribution in [3.8, 4) is 0 Å². The molecule has 20 heavy (non-hydrogen) atoms. The first-order valence-corrected chi connectivity index (χ1v) is 6.37. The van der Waals surface area contributed by atoms with Crippen molar-refractivity contribution in [2.75, 3.05) is 19.7 Å². The van der Waals surface area contributed by atoms with Crippen molar-refractivity contribution in [2.24, 2.45) is 5.92 Å². The van der Waals surface area contributed by atoms with Crippen LogP contribution in [0.15, 0.2) is 18.2 Å². The molecule has 0 radical (unpaired) electrons. The second-order valence-electron chi connectivity index (χ2n) is 4.86. The summed E-state index contributed by atoms with van der Waals surface area (Å²) in [6.07, 6.45) is 1.59. The van der Waals surface area contributed by atoms with Gasteiger partial charge in [0.15, 0.2) is 0 Å². The molecule has 1 saturated heterocycles. The minimum Gasteiger partial charge on any atom is -0.396 e. The summed E-state index contributed by atoms with van der Waals surface area (Å²) in [4.78, 5) is 23.5. The first-order valence-electron chi connectivity index (χ1n) is 6.37. The minimum atomic E-state index is -0.893. The number of likely N-dealkylation sites (tertiary alicyclic amines) is 1. The van der Waals surface area contributed by atoms with E-state index in [1.165, 1.54) is 4.90 Å². The SMILES string of the molecule is O=C(c1ccc([N+](=O)[O-])cc1F)N1CCCC(CO)C1. The molecule has 2 rings (SSSR count). The van der Waals surface area contributed by atoms with E-state index in [0.29, 0.717) is 13.1 Å². The predicted octanol–water partition coefficient (Wildman–Crippen LogP) is 1.58. The van der Waals surface area contributed by atoms with Crippen LogP contribution in [0, 0.1) is 21.8 Å². The lowest BCUT2D eigenvalue weighted by Crippen LogP contribution is -2.41. The van der Waals surface area contributed by atoms with E-state index in [9.17, 15) is 19.3 Å². The Hall–Kier alpha value is -2.02. The summed E-state index contributed by atoms with van der Waals surface area (Å²) in [6, 6.07) is 3.00. The van der Waals surface area contributed by atoms with Crippen LogP contribution in [0.1, 0.15) is 23.2 Å². The second-order valence-corrected chi connectivity index (χ2v) is 4.86. The normalized spacial score (nSPS) is 18.9. The molecule has 1 aromatic rings. The Morgan fingerprint density at radius 1 is 1.55 bits per heavy atom. The fraction of sp³-hybridized carbons (Fsp3) is 0.462. The summed E-state index contributed by atoms with van der Waals surface area (Å²) in [5.41, 5.74) is -0.555. The molecule has 1 aliphatic heterocycles. The molecule has 6 nitrogen and oxygen atoms in total. The molecule has 0 bridgehead atoms. The van der Waals surface area contributed by atoms with E-state index in [0.717, 1.165) is 31.0 Å². The van der Waals surface area contributed by atoms with Crippen LogP contribution in [0.2, 0.25) is 0 Å². The van der Waals surface area contributed by atoms with E-state index in [4.69, 9.17) is 5.11 Å². The molecule has 108 valence electrons. The highest BCUT2D eigenvalue weighted by molar-refractivity contribution is 5.94. The summed E-state index contributed by atoms with van der Waals surface area (Å²) in [6.45, 7) is 0.879. The number of halogens is 1. The van der Waals surface area contributed by atoms with Crippen LogP contribution in [-0.2, 0) is 0 Å². The van der Waals surface area contributed by atoms with Gasteiger partial charge in [0.1, 0.15) is 5.82 Å². The zero-order valence-corrected chi connectivity index (χ0v) is 10.8. The van der Waals surface area contributed by atoms with Crippen LogP contribution < -0.4 is 0 Å². The van der Waals surface area contributed by atoms with Crippen LogP contribution in [-0.4, -0.2) is 40.5 Å². The van der Waals surface area contributed by atoms with Gasteiger partial charge in [-0.05, 0) is 24.8 Å². The first-order chi connectivity index (χ1) is 9.52. The number of benzene rings is 1. The summed E-state index contributed by atoms with van der Waals surface area (Å²) in [5, 5.41) is 19.7. The van der Waals surface area contributed by atoms with Gasteiger partial charge in [0.25, 0.3) is 11.6 Å². The quantitative estimate of drug-likeness (QED) is 0.674. The van der Waals surface area contributed by atoms with Crippen molar-refractivity contribution in [2.45, 2.75) is 12.8 Å². The van der Waals surface area contributed by atoms with Crippen LogP contribution in [0.25, 0.3) is 0 Å². The van der Waals surface area contributed by atoms with E-state index in [2.05, 4.69) is 0 Å². The van der Waals surface area contributed by atoms with Gasteiger partial charge in [0, 0.05) is 25.8 Å². The zero-order chi connectivity index (χ0) is 14.7. The number of hydrogen-bond donors (Lipinski definition) is 1. The standard InChI is InChI=1S/C13H15FN2O4/c14-12-6-10(16(19)20)3-4-11(12)13(18)15-5-1-2-9(7-15)8-17/h3-4,6,9,17H,1-2,5,7-8H2. The number of carbonyl (C=O) groups is 1. The van der Waals surface area contributed by atoms with Gasteiger partial charge in [0.05, 0.1) is 16.6 Å². The van der Waals surface area contributed by atoms with E-state index in [1.54, 1.807) is 0 Å². The molecule has 0 saturated carbocycles. The molecule has 1 aliphatic rings. The predicted molar refractivity (Wildman–Crippen MR) is 68.8 cm³/mol. The lowest BCUT2D eigenvalue weighted by molar-refractivity contribution is -0.385. The number of nitrogens with zero attached hydrogens (tertiary/aromatic N) is 2. The number of nitro benzene ring substituents is 1. The molecule has 1 fully saturated rings. The maximum atomic E-state index is 13.8. The molecule has 0 spiro atoms. The van der Waals surface area contributed by atoms with Gasteiger partial charge in [-0.15, -0.1) is 0 Å². The highest BCUT2D eigenvalue weighted by atomic mass is 19.1. The van der Waals surface area contributed by atoms with Gasteiger partial charge in [-0.25, -0.2) is 4.39 Å². The molecule has 0 aromatic heterocycles. The molecule has 1 amide bonds. The molecule has 0 aliphatic carbocycles. The van der Waals surface area contributed by atoms with Crippen molar-refractivity contribution in [3.63, 3.8) is 0 Å². The number of hydrogen-bond acceptors (Lipinski definition) is 4. The van der Waals surface area contributed by atoms with Crippen LogP contribution in [0.4, 0.5) is 10.1 Å². The Kier molecular flexibility index (Phi) is 4.29. The van der Waals surface area contributed by atoms with Gasteiger partial charge in [0.2, 0.25) is 0 Å². The molecular formula is C13H15FN2O4. The molecule has 1 unspecified atom stereocenters. The maximum Gasteiger partial charge on any atom is 0.272 e. The fourth-order valence-electron chi connectivity index (χ4n) is 2.36. The third-order valence-electron chi connectivity index (χ3n) is 3.46. The Bertz CT molecular complexity index is 535. The van der Waals surface area contributed by atoms with E-state index in [1.807, 2.05) is 0 Å². The molecule has 1 aromatic carbocycles. The van der Waals surface area contributed by atoms with Crippen LogP contribution in [0.5, 0.6) is 0 Å². The molecule has 7 heteroatoms. The van der Waals surface area contributed by atoms with Crippen molar-refractivity contribution in [1.82, 2.24) is 4.90 Å². The third-order valence-corrected chi connectivity index (χ3v) is 3.46. The summed E-state index contributed by atoms with van der Waals surface area (Å²) in [7, 11) is 0. The van der Waals surface area contributed by atoms with Crippen molar-refractivity contribution in [3.05, 3.63) is 39.7 Å². The van der Waals surface area contributed by atoms with Gasteiger partial charge >= 0.3 is 0 Å². The van der Waals surface area contributed by atoms with Gasteiger partial charge < -0.3 is 10.0 Å². The molecule has 1 atom stereocenters. The van der Waals surface area contributed by atoms with E-state index in [-0.39, 0.29) is 23.8 Å². The third kappa shape index (κ3) is 2.93. The van der Waals surface area contributed by atoms with Crippen molar-refractivity contribution < 1.29 is 19.2 Å². The highest BCUT2D eigenvalue weighted by Crippen LogP contribution is 2.21. The summed E-state index contributed by atoms with van der Waals surface area (Å²) < 4.78 is 13.8. The Labute approximate surface area is 115 Å². The van der Waals surface area contributed by atoms with Crippen molar-refractivity contribution in [1.29, 1.82) is 0 Å². The highest BCUT2D eigenvalue weighted by Gasteiger charge is 2.26. The largest absolute Gasteiger partial charge is 0.396 e. The Morgan fingerprint density at radius 3 is 2.90 bits per heavy atom. The lowest BCUT2D eigenvalue weighted by Gasteiger charge is -2.31. The van der Waals surface area contributed by atoms with Crippen LogP contribution >= 0.6 is 0 Å². The van der Waals surface area contributed by atoms with Gasteiger partial charge in [-0.3, -0.25) is 14.9 Å². The number of rotatable bonds is 3. The molecule has 1 N–H and O–H groups in total. The zero-order valence-electron chi connectivity index (χ0n) is 10.8. The van der Waals surface area contributed by atoms with Gasteiger partial charge in [-0.1, -0.05) is 0 Å². The number of carbonyl (C=O) groups excluding carboxylic acids is 1. The summed E-state index contributed by atoms with van der Waals surface area (Å²) >= 11 is 0. The fourth-order valence-corrected chi connectivity index (χ4v) is 2.36. The van der Waals surface area contributed by atoms with E-state index >= 15 is 0 Å². The monoisotopic (exact) mass is 282 g/mol. The first kappa shape index (κ1) is 14.4. The molecule has 1 heterocycles. The number of nitro groups is 1. The summed E-state index contributed by atoms with van der Waals surface area (Å²) in [5.74, 6) is -1.38. The maximum absolute atomic E-state index is 13.8. The van der Waals surface area contributed by atoms with Crippen LogP contribution in [0.3, 0.4) is 0 Å². The van der Waals surface area contributed by atoms with E-state index < -0.39 is 16.6 Å². The Morgan fingerprint density at radius 2 is 2.30 bits per heavy atom. The number of aliphatic hydroxyl groups is 1. The molecular weight excluding hydrogens is 267 g/mol. The average molecular weight is 282 g/mol. The lowest BCUT2D eigenvalue weighted by atomic mass is 9.98. The van der Waals surface area contributed by atoms with Gasteiger partial charge in [-0.2, -0.15) is 0 Å². The number of piperidine rings is 1. The second kappa shape index (κ2) is 5.96. The minimum absolute atomic E-state index is 0.00742. The average Bonchev–Trinajstić information content (AvgIpc) is 2.46. The smallest absolute Gasteiger partial charge is 0.272 e. The number of aliphatic hydroxyl groups excluding tert-OH is 1. The number of amides is 1. The van der Waals surface area contributed by atoms with Crippen molar-refractivity contribution >= 4 is 11.6 Å². The topological polar surface area (TPSA) is 83.7 Å². The Balaban J connectivity index is 2.18.